The maximum absolute atomic E-state index is 8.79. The second kappa shape index (κ2) is 4.86. The second-order valence-electron chi connectivity index (χ2n) is 3.49. The van der Waals surface area contributed by atoms with Crippen molar-refractivity contribution in [1.82, 2.24) is 10.4 Å². The summed E-state index contributed by atoms with van der Waals surface area (Å²) < 4.78 is 0. The fourth-order valence-corrected chi connectivity index (χ4v) is 1.49. The Hall–Kier alpha value is -2.73. The summed E-state index contributed by atoms with van der Waals surface area (Å²) in [6.45, 7) is 3.58. The van der Waals surface area contributed by atoms with Crippen LogP contribution in [-0.4, -0.2) is 11.0 Å². The second-order valence-corrected chi connectivity index (χ2v) is 3.49. The molecule has 0 aromatic rings. The van der Waals surface area contributed by atoms with E-state index < -0.39 is 0 Å². The molecule has 0 saturated heterocycles. The summed E-state index contributed by atoms with van der Waals surface area (Å²) in [6, 6.07) is 3.68. The molecule has 0 atom stereocenters. The van der Waals surface area contributed by atoms with Gasteiger partial charge < -0.3 is 5.73 Å². The molecule has 0 fully saturated rings. The van der Waals surface area contributed by atoms with Gasteiger partial charge in [-0.25, -0.2) is 0 Å². The van der Waals surface area contributed by atoms with Crippen molar-refractivity contribution in [3.63, 3.8) is 0 Å². The number of rotatable bonds is 1. The van der Waals surface area contributed by atoms with Gasteiger partial charge in [0.15, 0.2) is 0 Å². The molecule has 0 saturated carbocycles. The SMILES string of the molecule is CC1=CC(=C(C#N)C#N)C=C(C)N1NC(=N)N. The van der Waals surface area contributed by atoms with E-state index in [2.05, 4.69) is 5.43 Å². The summed E-state index contributed by atoms with van der Waals surface area (Å²) in [4.78, 5) is 0. The highest BCUT2D eigenvalue weighted by molar-refractivity contribution is 5.74. The van der Waals surface area contributed by atoms with Crippen molar-refractivity contribution in [2.24, 2.45) is 5.73 Å². The third-order valence-corrected chi connectivity index (χ3v) is 2.18. The van der Waals surface area contributed by atoms with Crippen molar-refractivity contribution in [2.75, 3.05) is 0 Å². The number of hydrazine groups is 1. The predicted molar refractivity (Wildman–Crippen MR) is 62.7 cm³/mol. The van der Waals surface area contributed by atoms with Crippen molar-refractivity contribution in [1.29, 1.82) is 15.9 Å². The van der Waals surface area contributed by atoms with E-state index in [-0.39, 0.29) is 11.5 Å². The van der Waals surface area contributed by atoms with Crippen LogP contribution in [0.4, 0.5) is 0 Å². The van der Waals surface area contributed by atoms with Crippen molar-refractivity contribution in [3.05, 3.63) is 34.7 Å². The fraction of sp³-hybridized carbons (Fsp3) is 0.182. The first-order valence-corrected chi connectivity index (χ1v) is 4.81. The molecule has 1 heterocycles. The first-order chi connectivity index (χ1) is 7.99. The van der Waals surface area contributed by atoms with Crippen LogP contribution >= 0.6 is 0 Å². The summed E-state index contributed by atoms with van der Waals surface area (Å²) in [6.07, 6.45) is 3.37. The third kappa shape index (κ3) is 2.64. The monoisotopic (exact) mass is 228 g/mol. The molecular formula is C11H12N6. The summed E-state index contributed by atoms with van der Waals surface area (Å²) in [5, 5.41) is 26.4. The van der Waals surface area contributed by atoms with Gasteiger partial charge in [-0.1, -0.05) is 0 Å². The molecular weight excluding hydrogens is 216 g/mol. The Morgan fingerprint density at radius 3 is 2.12 bits per heavy atom. The zero-order valence-electron chi connectivity index (χ0n) is 9.57. The number of nitriles is 2. The van der Waals surface area contributed by atoms with Crippen LogP contribution in [-0.2, 0) is 0 Å². The maximum Gasteiger partial charge on any atom is 0.205 e. The first kappa shape index (κ1) is 12.3. The smallest absolute Gasteiger partial charge is 0.205 e. The molecule has 0 amide bonds. The number of nitrogens with one attached hydrogen (secondary N) is 2. The van der Waals surface area contributed by atoms with Crippen molar-refractivity contribution >= 4 is 5.96 Å². The average Bonchev–Trinajstić information content (AvgIpc) is 2.25. The van der Waals surface area contributed by atoms with Crippen molar-refractivity contribution in [3.8, 4) is 12.1 Å². The third-order valence-electron chi connectivity index (χ3n) is 2.18. The molecule has 1 aliphatic heterocycles. The Morgan fingerprint density at radius 2 is 1.76 bits per heavy atom. The number of hydrogen-bond acceptors (Lipinski definition) is 4. The Bertz CT molecular complexity index is 485. The number of hydrogen-bond donors (Lipinski definition) is 3. The summed E-state index contributed by atoms with van der Waals surface area (Å²) >= 11 is 0. The van der Waals surface area contributed by atoms with Gasteiger partial charge in [0.05, 0.1) is 0 Å². The maximum atomic E-state index is 8.79. The Morgan fingerprint density at radius 1 is 1.29 bits per heavy atom. The molecule has 86 valence electrons. The molecule has 6 heteroatoms. The molecule has 4 N–H and O–H groups in total. The summed E-state index contributed by atoms with van der Waals surface area (Å²) in [5.41, 5.74) is 10.0. The fourth-order valence-electron chi connectivity index (χ4n) is 1.49. The minimum Gasteiger partial charge on any atom is -0.369 e. The van der Waals surface area contributed by atoms with E-state index in [1.807, 2.05) is 12.1 Å². The van der Waals surface area contributed by atoms with Gasteiger partial charge in [-0.05, 0) is 26.0 Å². The quantitative estimate of drug-likeness (QED) is 0.350. The Labute approximate surface area is 99.4 Å². The van der Waals surface area contributed by atoms with Crippen LogP contribution in [0.5, 0.6) is 0 Å². The lowest BCUT2D eigenvalue weighted by Crippen LogP contribution is -2.44. The lowest BCUT2D eigenvalue weighted by Gasteiger charge is -2.29. The number of nitrogens with zero attached hydrogens (tertiary/aromatic N) is 3. The molecule has 1 aliphatic rings. The van der Waals surface area contributed by atoms with Gasteiger partial charge in [0.2, 0.25) is 5.96 Å². The molecule has 0 radical (unpaired) electrons. The molecule has 0 spiro atoms. The molecule has 17 heavy (non-hydrogen) atoms. The van der Waals surface area contributed by atoms with Gasteiger partial charge in [-0.2, -0.15) is 10.5 Å². The highest BCUT2D eigenvalue weighted by atomic mass is 15.5. The van der Waals surface area contributed by atoms with Gasteiger partial charge in [-0.15, -0.1) is 0 Å². The van der Waals surface area contributed by atoms with Crippen LogP contribution in [0.1, 0.15) is 13.8 Å². The van der Waals surface area contributed by atoms with Gasteiger partial charge in [0, 0.05) is 17.0 Å². The number of guanidine groups is 1. The van der Waals surface area contributed by atoms with E-state index in [1.165, 1.54) is 0 Å². The van der Waals surface area contributed by atoms with Crippen LogP contribution in [0.15, 0.2) is 34.7 Å². The van der Waals surface area contributed by atoms with Crippen LogP contribution < -0.4 is 11.2 Å². The zero-order chi connectivity index (χ0) is 13.0. The zero-order valence-corrected chi connectivity index (χ0v) is 9.57. The van der Waals surface area contributed by atoms with E-state index >= 15 is 0 Å². The van der Waals surface area contributed by atoms with E-state index in [0.717, 1.165) is 11.4 Å². The van der Waals surface area contributed by atoms with Crippen LogP contribution in [0, 0.1) is 28.1 Å². The topological polar surface area (TPSA) is 113 Å². The predicted octanol–water partition coefficient (Wildman–Crippen LogP) is 0.851. The lowest BCUT2D eigenvalue weighted by molar-refractivity contribution is 0.376. The molecule has 0 aromatic carbocycles. The Balaban J connectivity index is 3.16. The molecule has 0 aliphatic carbocycles. The van der Waals surface area contributed by atoms with Gasteiger partial charge in [-0.3, -0.25) is 15.8 Å². The standard InChI is InChI=1S/C11H12N6/c1-7-3-9(10(5-12)6-13)4-8(2)17(7)16-11(14)15/h3-4H,1-2H3,(H4,14,15,16). The van der Waals surface area contributed by atoms with Gasteiger partial charge in [0.1, 0.15) is 17.7 Å². The molecule has 1 rings (SSSR count). The number of nitrogens with two attached hydrogens (primary N) is 1. The minimum atomic E-state index is -0.182. The van der Waals surface area contributed by atoms with Crippen LogP contribution in [0.3, 0.4) is 0 Å². The average molecular weight is 228 g/mol. The molecule has 0 bridgehead atoms. The van der Waals surface area contributed by atoms with E-state index in [1.54, 1.807) is 31.0 Å². The van der Waals surface area contributed by atoms with Crippen LogP contribution in [0.25, 0.3) is 0 Å². The first-order valence-electron chi connectivity index (χ1n) is 4.81. The van der Waals surface area contributed by atoms with E-state index in [4.69, 9.17) is 21.7 Å². The van der Waals surface area contributed by atoms with Gasteiger partial charge in [0.25, 0.3) is 0 Å². The summed E-state index contributed by atoms with van der Waals surface area (Å²) in [5.74, 6) is -0.182. The van der Waals surface area contributed by atoms with Crippen molar-refractivity contribution in [2.45, 2.75) is 13.8 Å². The lowest BCUT2D eigenvalue weighted by atomic mass is 10.0. The highest BCUT2D eigenvalue weighted by Gasteiger charge is 2.15. The van der Waals surface area contributed by atoms with E-state index in [9.17, 15) is 0 Å². The van der Waals surface area contributed by atoms with Crippen molar-refractivity contribution < 1.29 is 0 Å². The van der Waals surface area contributed by atoms with Gasteiger partial charge >= 0.3 is 0 Å². The number of allylic oxidation sites excluding steroid dienone is 6. The molecule has 0 aromatic heterocycles. The summed E-state index contributed by atoms with van der Waals surface area (Å²) in [7, 11) is 0. The largest absolute Gasteiger partial charge is 0.369 e. The van der Waals surface area contributed by atoms with E-state index in [0.29, 0.717) is 5.57 Å². The minimum absolute atomic E-state index is 0.0613. The highest BCUT2D eigenvalue weighted by Crippen LogP contribution is 2.22. The normalized spacial score (nSPS) is 14.1. The van der Waals surface area contributed by atoms with Crippen LogP contribution in [0.2, 0.25) is 0 Å². The Kier molecular flexibility index (Phi) is 3.53. The molecule has 6 nitrogen and oxygen atoms in total. The molecule has 0 unspecified atom stereocenters.